The number of rotatable bonds is 9. The van der Waals surface area contributed by atoms with Crippen LogP contribution in [0.15, 0.2) is 21.9 Å². The molecule has 9 heteroatoms. The van der Waals surface area contributed by atoms with E-state index in [-0.39, 0.29) is 18.1 Å². The minimum Gasteiger partial charge on any atom is -0.352 e. The van der Waals surface area contributed by atoms with Gasteiger partial charge in [0.25, 0.3) is 14.1 Å². The number of H-pyrrole nitrogens is 1. The first kappa shape index (κ1) is 23.2. The smallest absolute Gasteiger partial charge is 0.330 e. The lowest BCUT2D eigenvalue weighted by molar-refractivity contribution is -0.0323. The van der Waals surface area contributed by atoms with Crippen molar-refractivity contribution in [2.24, 2.45) is 5.92 Å². The van der Waals surface area contributed by atoms with Crippen molar-refractivity contribution in [2.75, 3.05) is 6.61 Å². The second kappa shape index (κ2) is 10.1. The molecule has 1 aliphatic rings. The SMILES string of the molecule is CC(C)OP(OC[C@@H]1C[C@H](C)[C@H](n2ccc(=O)[nH]c2=O)O1)N(C(C)C)C(C)C. The Morgan fingerprint density at radius 3 is 2.43 bits per heavy atom. The number of nitrogens with one attached hydrogen (secondary N) is 1. The molecule has 1 unspecified atom stereocenters. The molecule has 0 saturated carbocycles. The van der Waals surface area contributed by atoms with Gasteiger partial charge in [0.1, 0.15) is 6.23 Å². The Balaban J connectivity index is 2.05. The van der Waals surface area contributed by atoms with E-state index in [0.29, 0.717) is 18.7 Å². The first-order valence-corrected chi connectivity index (χ1v) is 11.1. The lowest BCUT2D eigenvalue weighted by atomic mass is 10.1. The zero-order valence-corrected chi connectivity index (χ0v) is 18.8. The summed E-state index contributed by atoms with van der Waals surface area (Å²) < 4.78 is 22.1. The minimum absolute atomic E-state index is 0.0574. The molecule has 0 aliphatic carbocycles. The fourth-order valence-electron chi connectivity index (χ4n) is 3.44. The molecule has 1 aliphatic heterocycles. The molecule has 2 rings (SSSR count). The molecular formula is C19H34N3O5P. The van der Waals surface area contributed by atoms with Gasteiger partial charge in [-0.25, -0.2) is 9.46 Å². The molecule has 1 aromatic rings. The summed E-state index contributed by atoms with van der Waals surface area (Å²) in [4.78, 5) is 25.7. The maximum absolute atomic E-state index is 12.1. The molecule has 160 valence electrons. The topological polar surface area (TPSA) is 85.8 Å². The summed E-state index contributed by atoms with van der Waals surface area (Å²) in [5.74, 6) is 0.126. The van der Waals surface area contributed by atoms with Gasteiger partial charge in [0, 0.05) is 30.3 Å². The quantitative estimate of drug-likeness (QED) is 0.623. The molecule has 1 N–H and O–H groups in total. The van der Waals surface area contributed by atoms with Crippen molar-refractivity contribution in [3.8, 4) is 0 Å². The average molecular weight is 415 g/mol. The largest absolute Gasteiger partial charge is 0.352 e. The van der Waals surface area contributed by atoms with Crippen LogP contribution >= 0.6 is 8.53 Å². The van der Waals surface area contributed by atoms with Crippen LogP contribution in [0.3, 0.4) is 0 Å². The van der Waals surface area contributed by atoms with Crippen molar-refractivity contribution in [2.45, 2.75) is 85.4 Å². The van der Waals surface area contributed by atoms with Crippen molar-refractivity contribution in [1.29, 1.82) is 0 Å². The van der Waals surface area contributed by atoms with Crippen molar-refractivity contribution < 1.29 is 13.8 Å². The van der Waals surface area contributed by atoms with E-state index in [1.54, 1.807) is 0 Å². The van der Waals surface area contributed by atoms with Crippen LogP contribution < -0.4 is 11.2 Å². The van der Waals surface area contributed by atoms with E-state index < -0.39 is 26.0 Å². The van der Waals surface area contributed by atoms with Crippen LogP contribution in [0.1, 0.15) is 61.1 Å². The number of hydrogen-bond acceptors (Lipinski definition) is 6. The Morgan fingerprint density at radius 1 is 1.25 bits per heavy atom. The van der Waals surface area contributed by atoms with Crippen molar-refractivity contribution in [3.05, 3.63) is 33.1 Å². The van der Waals surface area contributed by atoms with Gasteiger partial charge in [-0.2, -0.15) is 0 Å². The molecule has 28 heavy (non-hydrogen) atoms. The second-order valence-electron chi connectivity index (χ2n) is 8.13. The Kier molecular flexibility index (Phi) is 8.40. The van der Waals surface area contributed by atoms with Crippen molar-refractivity contribution in [3.63, 3.8) is 0 Å². The standard InChI is InChI=1S/C19H34N3O5P/c1-12(2)22(13(3)4)28(27-14(5)6)25-11-16-10-15(7)18(26-16)21-9-8-17(23)20-19(21)24/h8-9,12-16,18H,10-11H2,1-7H3,(H,20,23,24)/t15-,16-,18+,28?/m0/s1. The predicted octanol–water partition coefficient (Wildman–Crippen LogP) is 3.25. The summed E-state index contributed by atoms with van der Waals surface area (Å²) in [5, 5.41) is 0. The summed E-state index contributed by atoms with van der Waals surface area (Å²) in [5.41, 5.74) is -0.868. The third-order valence-corrected chi connectivity index (χ3v) is 6.77. The molecule has 1 saturated heterocycles. The summed E-state index contributed by atoms with van der Waals surface area (Å²) in [6.07, 6.45) is 1.76. The minimum atomic E-state index is -1.21. The van der Waals surface area contributed by atoms with Crippen molar-refractivity contribution in [1.82, 2.24) is 14.2 Å². The number of hydrogen-bond donors (Lipinski definition) is 1. The van der Waals surface area contributed by atoms with Crippen LogP contribution in [0.4, 0.5) is 0 Å². The lowest BCUT2D eigenvalue weighted by Crippen LogP contribution is -2.35. The Labute approximate surface area is 168 Å². The maximum atomic E-state index is 12.1. The lowest BCUT2D eigenvalue weighted by Gasteiger charge is -2.36. The third-order valence-electron chi connectivity index (χ3n) is 4.50. The van der Waals surface area contributed by atoms with Gasteiger partial charge in [-0.05, 0) is 48.0 Å². The molecular weight excluding hydrogens is 381 g/mol. The molecule has 0 bridgehead atoms. The molecule has 0 spiro atoms. The van der Waals surface area contributed by atoms with Gasteiger partial charge in [0.2, 0.25) is 0 Å². The average Bonchev–Trinajstić information content (AvgIpc) is 2.92. The predicted molar refractivity (Wildman–Crippen MR) is 110 cm³/mol. The Hall–Kier alpha value is -1.05. The van der Waals surface area contributed by atoms with E-state index >= 15 is 0 Å². The van der Waals surface area contributed by atoms with E-state index in [1.807, 2.05) is 20.8 Å². The highest BCUT2D eigenvalue weighted by Crippen LogP contribution is 2.47. The van der Waals surface area contributed by atoms with Gasteiger partial charge in [0.05, 0.1) is 18.8 Å². The van der Waals surface area contributed by atoms with Gasteiger partial charge in [0.15, 0.2) is 0 Å². The maximum Gasteiger partial charge on any atom is 0.330 e. The van der Waals surface area contributed by atoms with Gasteiger partial charge in [-0.3, -0.25) is 14.3 Å². The van der Waals surface area contributed by atoms with E-state index in [9.17, 15) is 9.59 Å². The van der Waals surface area contributed by atoms with E-state index in [2.05, 4.69) is 37.3 Å². The normalized spacial score (nSPS) is 24.0. The molecule has 2 heterocycles. The highest BCUT2D eigenvalue weighted by Gasteiger charge is 2.36. The first-order chi connectivity index (χ1) is 13.1. The molecule has 4 atom stereocenters. The summed E-state index contributed by atoms with van der Waals surface area (Å²) in [6.45, 7) is 15.0. The summed E-state index contributed by atoms with van der Waals surface area (Å²) in [7, 11) is -1.21. The van der Waals surface area contributed by atoms with Gasteiger partial charge in [-0.15, -0.1) is 0 Å². The Bertz CT molecular complexity index is 725. The van der Waals surface area contributed by atoms with Crippen LogP contribution in [0, 0.1) is 5.92 Å². The molecule has 0 aromatic carbocycles. The van der Waals surface area contributed by atoms with Crippen LogP contribution in [-0.2, 0) is 13.8 Å². The number of aromatic nitrogens is 2. The fourth-order valence-corrected chi connectivity index (χ4v) is 5.16. The van der Waals surface area contributed by atoms with E-state index in [4.69, 9.17) is 13.8 Å². The number of nitrogens with zero attached hydrogens (tertiary/aromatic N) is 2. The van der Waals surface area contributed by atoms with Crippen LogP contribution in [0.5, 0.6) is 0 Å². The zero-order valence-electron chi connectivity index (χ0n) is 17.9. The number of aromatic amines is 1. The fraction of sp³-hybridized carbons (Fsp3) is 0.789. The molecule has 1 aromatic heterocycles. The molecule has 1 fully saturated rings. The molecule has 8 nitrogen and oxygen atoms in total. The monoisotopic (exact) mass is 415 g/mol. The van der Waals surface area contributed by atoms with Crippen LogP contribution in [0.25, 0.3) is 0 Å². The highest BCUT2D eigenvalue weighted by atomic mass is 31.2. The molecule has 0 amide bonds. The second-order valence-corrected chi connectivity index (χ2v) is 9.54. The van der Waals surface area contributed by atoms with Crippen LogP contribution in [0.2, 0.25) is 0 Å². The third kappa shape index (κ3) is 5.97. The Morgan fingerprint density at radius 2 is 1.89 bits per heavy atom. The van der Waals surface area contributed by atoms with E-state index in [1.165, 1.54) is 16.8 Å². The summed E-state index contributed by atoms with van der Waals surface area (Å²) >= 11 is 0. The first-order valence-electron chi connectivity index (χ1n) is 9.95. The van der Waals surface area contributed by atoms with Gasteiger partial charge in [-0.1, -0.05) is 6.92 Å². The number of ether oxygens (including phenoxy) is 1. The van der Waals surface area contributed by atoms with Crippen LogP contribution in [-0.4, -0.2) is 45.1 Å². The zero-order chi connectivity index (χ0) is 21.0. The molecule has 0 radical (unpaired) electrons. The van der Waals surface area contributed by atoms with Crippen molar-refractivity contribution >= 4 is 8.53 Å². The van der Waals surface area contributed by atoms with E-state index in [0.717, 1.165) is 6.42 Å². The van der Waals surface area contributed by atoms with Gasteiger partial charge >= 0.3 is 5.69 Å². The van der Waals surface area contributed by atoms with Gasteiger partial charge < -0.3 is 13.8 Å². The summed E-state index contributed by atoms with van der Waals surface area (Å²) in [6, 6.07) is 1.92. The highest BCUT2D eigenvalue weighted by molar-refractivity contribution is 7.44.